The summed E-state index contributed by atoms with van der Waals surface area (Å²) in [5, 5.41) is 5.71. The maximum atomic E-state index is 12.4. The normalized spacial score (nSPS) is 15.9. The molecule has 7 heteroatoms. The lowest BCUT2D eigenvalue weighted by molar-refractivity contribution is -0.120. The van der Waals surface area contributed by atoms with E-state index in [1.54, 1.807) is 30.3 Å². The van der Waals surface area contributed by atoms with E-state index in [1.165, 1.54) is 11.8 Å². The number of anilines is 2. The van der Waals surface area contributed by atoms with Crippen molar-refractivity contribution in [3.05, 3.63) is 47.5 Å². The molecule has 2 amide bonds. The van der Waals surface area contributed by atoms with Crippen LogP contribution in [-0.4, -0.2) is 23.7 Å². The number of hydrogen-bond donors (Lipinski definition) is 2. The number of amides is 2. The Morgan fingerprint density at radius 3 is 2.92 bits per heavy atom. The van der Waals surface area contributed by atoms with Crippen molar-refractivity contribution < 1.29 is 14.3 Å². The van der Waals surface area contributed by atoms with Crippen molar-refractivity contribution in [3.63, 3.8) is 0 Å². The summed E-state index contributed by atoms with van der Waals surface area (Å²) < 4.78 is 5.49. The van der Waals surface area contributed by atoms with E-state index in [0.717, 1.165) is 10.6 Å². The third kappa shape index (κ3) is 4.27. The van der Waals surface area contributed by atoms with E-state index in [9.17, 15) is 9.59 Å². The summed E-state index contributed by atoms with van der Waals surface area (Å²) >= 11 is 7.35. The summed E-state index contributed by atoms with van der Waals surface area (Å²) in [6, 6.07) is 12.5. The first-order valence-electron chi connectivity index (χ1n) is 7.85. The zero-order valence-corrected chi connectivity index (χ0v) is 15.1. The third-order valence-corrected chi connectivity index (χ3v) is 5.09. The van der Waals surface area contributed by atoms with Crippen LogP contribution in [0.1, 0.15) is 13.3 Å². The van der Waals surface area contributed by atoms with Gasteiger partial charge in [0, 0.05) is 16.3 Å². The van der Waals surface area contributed by atoms with Crippen LogP contribution in [0.3, 0.4) is 0 Å². The Morgan fingerprint density at radius 2 is 2.12 bits per heavy atom. The molecular weight excluding hydrogens is 360 g/mol. The third-order valence-electron chi connectivity index (χ3n) is 3.59. The average molecular weight is 377 g/mol. The minimum Gasteiger partial charge on any atom is -0.492 e. The molecule has 2 N–H and O–H groups in total. The monoisotopic (exact) mass is 376 g/mol. The van der Waals surface area contributed by atoms with Gasteiger partial charge in [-0.15, -0.1) is 11.8 Å². The van der Waals surface area contributed by atoms with E-state index in [1.807, 2.05) is 19.1 Å². The van der Waals surface area contributed by atoms with Crippen molar-refractivity contribution >= 4 is 46.6 Å². The van der Waals surface area contributed by atoms with Gasteiger partial charge in [0.15, 0.2) is 0 Å². The minimum absolute atomic E-state index is 0.0584. The summed E-state index contributed by atoms with van der Waals surface area (Å²) in [6.07, 6.45) is 0.0584. The van der Waals surface area contributed by atoms with Crippen molar-refractivity contribution in [1.82, 2.24) is 0 Å². The van der Waals surface area contributed by atoms with Crippen molar-refractivity contribution in [2.45, 2.75) is 23.5 Å². The fourth-order valence-corrected chi connectivity index (χ4v) is 3.86. The van der Waals surface area contributed by atoms with E-state index >= 15 is 0 Å². The second-order valence-electron chi connectivity index (χ2n) is 5.42. The van der Waals surface area contributed by atoms with E-state index in [2.05, 4.69) is 10.6 Å². The number of carbonyl (C=O) groups excluding carboxylic acids is 2. The van der Waals surface area contributed by atoms with Gasteiger partial charge in [-0.05, 0) is 37.3 Å². The Labute approximate surface area is 155 Å². The molecule has 0 aliphatic carbocycles. The summed E-state index contributed by atoms with van der Waals surface area (Å²) in [6.45, 7) is 2.38. The number of thioether (sulfide) groups is 1. The van der Waals surface area contributed by atoms with E-state index in [-0.39, 0.29) is 18.2 Å². The summed E-state index contributed by atoms with van der Waals surface area (Å²) in [5.41, 5.74) is 1.32. The highest BCUT2D eigenvalue weighted by atomic mass is 35.5. The Hall–Kier alpha value is -2.18. The lowest BCUT2D eigenvalue weighted by atomic mass is 10.2. The van der Waals surface area contributed by atoms with Crippen molar-refractivity contribution in [2.75, 3.05) is 17.2 Å². The standard InChI is InChI=1S/C18H17ClN2O3S/c1-2-24-14-6-4-3-5-12(14)20-17(22)10-16-18(23)21-13-8-7-11(19)9-15(13)25-16/h3-9,16H,2,10H2,1H3,(H,20,22)(H,21,23). The van der Waals surface area contributed by atoms with Crippen LogP contribution in [0.5, 0.6) is 5.75 Å². The fraction of sp³-hybridized carbons (Fsp3) is 0.222. The van der Waals surface area contributed by atoms with Gasteiger partial charge in [0.05, 0.1) is 23.2 Å². The van der Waals surface area contributed by atoms with Gasteiger partial charge in [-0.25, -0.2) is 0 Å². The van der Waals surface area contributed by atoms with Gasteiger partial charge in [0.2, 0.25) is 11.8 Å². The second-order valence-corrected chi connectivity index (χ2v) is 7.10. The summed E-state index contributed by atoms with van der Waals surface area (Å²) in [4.78, 5) is 25.5. The predicted molar refractivity (Wildman–Crippen MR) is 101 cm³/mol. The maximum Gasteiger partial charge on any atom is 0.238 e. The molecule has 25 heavy (non-hydrogen) atoms. The van der Waals surface area contributed by atoms with Crippen LogP contribution in [-0.2, 0) is 9.59 Å². The van der Waals surface area contributed by atoms with Gasteiger partial charge in [-0.1, -0.05) is 23.7 Å². The Morgan fingerprint density at radius 1 is 1.32 bits per heavy atom. The molecule has 0 radical (unpaired) electrons. The summed E-state index contributed by atoms with van der Waals surface area (Å²) in [5.74, 6) is 0.176. The highest BCUT2D eigenvalue weighted by Gasteiger charge is 2.29. The smallest absolute Gasteiger partial charge is 0.238 e. The van der Waals surface area contributed by atoms with Gasteiger partial charge in [0.1, 0.15) is 5.75 Å². The van der Waals surface area contributed by atoms with Crippen molar-refractivity contribution in [2.24, 2.45) is 0 Å². The number of carbonyl (C=O) groups is 2. The zero-order chi connectivity index (χ0) is 17.8. The number of rotatable bonds is 5. The number of ether oxygens (including phenoxy) is 1. The highest BCUT2D eigenvalue weighted by molar-refractivity contribution is 8.01. The Balaban J connectivity index is 1.68. The SMILES string of the molecule is CCOc1ccccc1NC(=O)CC1Sc2cc(Cl)ccc2NC1=O. The Kier molecular flexibility index (Phi) is 5.50. The molecule has 3 rings (SSSR count). The number of nitrogens with one attached hydrogen (secondary N) is 2. The fourth-order valence-electron chi connectivity index (χ4n) is 2.47. The van der Waals surface area contributed by atoms with Gasteiger partial charge < -0.3 is 15.4 Å². The molecule has 0 bridgehead atoms. The average Bonchev–Trinajstić information content (AvgIpc) is 2.58. The number of halogens is 1. The molecule has 0 saturated heterocycles. The number of hydrogen-bond acceptors (Lipinski definition) is 4. The van der Waals surface area contributed by atoms with Crippen LogP contribution < -0.4 is 15.4 Å². The van der Waals surface area contributed by atoms with Crippen LogP contribution in [0, 0.1) is 0 Å². The van der Waals surface area contributed by atoms with Crippen molar-refractivity contribution in [3.8, 4) is 5.75 Å². The number of fused-ring (bicyclic) bond motifs is 1. The largest absolute Gasteiger partial charge is 0.492 e. The van der Waals surface area contributed by atoms with Crippen LogP contribution in [0.2, 0.25) is 5.02 Å². The molecule has 0 fully saturated rings. The molecule has 5 nitrogen and oxygen atoms in total. The molecule has 1 aliphatic rings. The molecule has 130 valence electrons. The lowest BCUT2D eigenvalue weighted by Crippen LogP contribution is -2.32. The topological polar surface area (TPSA) is 67.4 Å². The van der Waals surface area contributed by atoms with Gasteiger partial charge in [-0.2, -0.15) is 0 Å². The molecule has 0 spiro atoms. The predicted octanol–water partition coefficient (Wildman–Crippen LogP) is 4.18. The Bertz CT molecular complexity index is 813. The summed E-state index contributed by atoms with van der Waals surface area (Å²) in [7, 11) is 0. The van der Waals surface area contributed by atoms with E-state index in [0.29, 0.717) is 23.1 Å². The molecular formula is C18H17ClN2O3S. The number of benzene rings is 2. The molecule has 2 aromatic carbocycles. The maximum absolute atomic E-state index is 12.4. The van der Waals surface area contributed by atoms with Gasteiger partial charge in [0.25, 0.3) is 0 Å². The quantitative estimate of drug-likeness (QED) is 0.821. The van der Waals surface area contributed by atoms with E-state index < -0.39 is 5.25 Å². The first kappa shape index (κ1) is 17.6. The number of para-hydroxylation sites is 2. The first-order chi connectivity index (χ1) is 12.1. The molecule has 0 saturated carbocycles. The first-order valence-corrected chi connectivity index (χ1v) is 9.11. The minimum atomic E-state index is -0.509. The van der Waals surface area contributed by atoms with Crippen LogP contribution in [0.15, 0.2) is 47.4 Å². The van der Waals surface area contributed by atoms with Gasteiger partial charge in [-0.3, -0.25) is 9.59 Å². The lowest BCUT2D eigenvalue weighted by Gasteiger charge is -2.24. The highest BCUT2D eigenvalue weighted by Crippen LogP contribution is 2.38. The zero-order valence-electron chi connectivity index (χ0n) is 13.5. The molecule has 0 aromatic heterocycles. The molecule has 1 aliphatic heterocycles. The second kappa shape index (κ2) is 7.80. The van der Waals surface area contributed by atoms with Crippen molar-refractivity contribution in [1.29, 1.82) is 0 Å². The van der Waals surface area contributed by atoms with Crippen LogP contribution in [0.4, 0.5) is 11.4 Å². The van der Waals surface area contributed by atoms with Crippen LogP contribution in [0.25, 0.3) is 0 Å². The molecule has 1 unspecified atom stereocenters. The van der Waals surface area contributed by atoms with E-state index in [4.69, 9.17) is 16.3 Å². The molecule has 2 aromatic rings. The van der Waals surface area contributed by atoms with Gasteiger partial charge >= 0.3 is 0 Å². The molecule has 1 heterocycles. The molecule has 1 atom stereocenters. The van der Waals surface area contributed by atoms with Crippen LogP contribution >= 0.6 is 23.4 Å².